The molecule has 2 aliphatic rings. The summed E-state index contributed by atoms with van der Waals surface area (Å²) in [5.41, 5.74) is 1.39. The number of rotatable bonds is 3. The molecule has 17 heavy (non-hydrogen) atoms. The van der Waals surface area contributed by atoms with Crippen molar-refractivity contribution in [2.24, 2.45) is 0 Å². The van der Waals surface area contributed by atoms with Crippen molar-refractivity contribution in [1.82, 2.24) is 5.32 Å². The molecule has 1 aromatic heterocycles. The van der Waals surface area contributed by atoms with Crippen molar-refractivity contribution >= 4 is 17.2 Å². The van der Waals surface area contributed by atoms with Crippen molar-refractivity contribution in [3.05, 3.63) is 21.4 Å². The first-order valence-corrected chi connectivity index (χ1v) is 7.16. The number of hydrogen-bond donors (Lipinski definition) is 1. The number of ether oxygens (including phenoxy) is 1. The Hall–Kier alpha value is -0.870. The summed E-state index contributed by atoms with van der Waals surface area (Å²) in [5.74, 6) is 0.0694. The predicted octanol–water partition coefficient (Wildman–Crippen LogP) is 2.15. The van der Waals surface area contributed by atoms with Crippen molar-refractivity contribution in [2.75, 3.05) is 13.2 Å². The molecule has 0 unspecified atom stereocenters. The van der Waals surface area contributed by atoms with Gasteiger partial charge in [0, 0.05) is 18.0 Å². The lowest BCUT2D eigenvalue weighted by Crippen LogP contribution is -2.31. The molecule has 92 valence electrons. The zero-order valence-electron chi connectivity index (χ0n) is 9.83. The summed E-state index contributed by atoms with van der Waals surface area (Å²) in [6.07, 6.45) is 5.96. The second-order valence-electron chi connectivity index (χ2n) is 4.76. The van der Waals surface area contributed by atoms with Gasteiger partial charge in [-0.1, -0.05) is 0 Å². The lowest BCUT2D eigenvalue weighted by molar-refractivity contribution is 0.0861. The Labute approximate surface area is 105 Å². The normalized spacial score (nSPS) is 22.7. The van der Waals surface area contributed by atoms with Crippen LogP contribution in [-0.4, -0.2) is 25.2 Å². The lowest BCUT2D eigenvalue weighted by Gasteiger charge is -2.09. The van der Waals surface area contributed by atoms with Crippen LogP contribution in [0.1, 0.15) is 39.4 Å². The van der Waals surface area contributed by atoms with Crippen LogP contribution in [0.15, 0.2) is 6.07 Å². The maximum atomic E-state index is 12.0. The third-order valence-corrected chi connectivity index (χ3v) is 4.72. The summed E-state index contributed by atoms with van der Waals surface area (Å²) in [6, 6.07) is 2.07. The second-order valence-corrected chi connectivity index (χ2v) is 5.89. The number of thiophene rings is 1. The van der Waals surface area contributed by atoms with Gasteiger partial charge in [-0.15, -0.1) is 11.3 Å². The molecule has 3 nitrogen and oxygen atoms in total. The van der Waals surface area contributed by atoms with Gasteiger partial charge in [-0.25, -0.2) is 0 Å². The van der Waals surface area contributed by atoms with Gasteiger partial charge < -0.3 is 10.1 Å². The zero-order valence-corrected chi connectivity index (χ0v) is 10.6. The van der Waals surface area contributed by atoms with Gasteiger partial charge in [-0.05, 0) is 43.7 Å². The molecule has 2 heterocycles. The molecule has 0 saturated carbocycles. The Kier molecular flexibility index (Phi) is 3.16. The molecule has 1 aliphatic heterocycles. The van der Waals surface area contributed by atoms with Crippen LogP contribution in [0, 0.1) is 0 Å². The second kappa shape index (κ2) is 4.78. The molecule has 1 fully saturated rings. The molecular weight excluding hydrogens is 234 g/mol. The van der Waals surface area contributed by atoms with E-state index in [1.54, 1.807) is 11.3 Å². The Bertz CT molecular complexity index is 400. The Morgan fingerprint density at radius 3 is 3.18 bits per heavy atom. The van der Waals surface area contributed by atoms with E-state index in [4.69, 9.17) is 4.74 Å². The Morgan fingerprint density at radius 2 is 2.41 bits per heavy atom. The summed E-state index contributed by atoms with van der Waals surface area (Å²) in [6.45, 7) is 1.50. The van der Waals surface area contributed by atoms with Gasteiger partial charge in [-0.3, -0.25) is 4.79 Å². The Balaban J connectivity index is 1.57. The van der Waals surface area contributed by atoms with Crippen LogP contribution in [0.25, 0.3) is 0 Å². The minimum absolute atomic E-state index is 0.0694. The fraction of sp³-hybridized carbons (Fsp3) is 0.615. The van der Waals surface area contributed by atoms with E-state index < -0.39 is 0 Å². The topological polar surface area (TPSA) is 38.3 Å². The highest BCUT2D eigenvalue weighted by Gasteiger charge is 2.20. The maximum absolute atomic E-state index is 12.0. The van der Waals surface area contributed by atoms with E-state index in [9.17, 15) is 4.79 Å². The molecule has 0 spiro atoms. The van der Waals surface area contributed by atoms with Crippen LogP contribution < -0.4 is 5.32 Å². The first-order chi connectivity index (χ1) is 8.33. The van der Waals surface area contributed by atoms with E-state index in [0.717, 1.165) is 37.2 Å². The number of aryl methyl sites for hydroxylation is 2. The van der Waals surface area contributed by atoms with Crippen LogP contribution in [0.3, 0.4) is 0 Å². The summed E-state index contributed by atoms with van der Waals surface area (Å²) in [5, 5.41) is 2.98. The van der Waals surface area contributed by atoms with Crippen molar-refractivity contribution in [1.29, 1.82) is 0 Å². The standard InChI is InChI=1S/C13H17NO2S/c15-13(14-8-10-4-2-6-16-10)12-7-9-3-1-5-11(9)17-12/h7,10H,1-6,8H2,(H,14,15)/t10-/m0/s1. The first kappa shape index (κ1) is 11.2. The fourth-order valence-corrected chi connectivity index (χ4v) is 3.71. The maximum Gasteiger partial charge on any atom is 0.261 e. The average molecular weight is 251 g/mol. The smallest absolute Gasteiger partial charge is 0.261 e. The zero-order chi connectivity index (χ0) is 11.7. The number of hydrogen-bond acceptors (Lipinski definition) is 3. The van der Waals surface area contributed by atoms with Crippen LogP contribution in [-0.2, 0) is 17.6 Å². The molecule has 0 aromatic carbocycles. The lowest BCUT2D eigenvalue weighted by atomic mass is 10.2. The van der Waals surface area contributed by atoms with E-state index in [1.807, 2.05) is 0 Å². The third kappa shape index (κ3) is 2.38. The van der Waals surface area contributed by atoms with Crippen molar-refractivity contribution < 1.29 is 9.53 Å². The number of fused-ring (bicyclic) bond motifs is 1. The molecule has 0 radical (unpaired) electrons. The van der Waals surface area contributed by atoms with E-state index in [-0.39, 0.29) is 12.0 Å². The van der Waals surface area contributed by atoms with E-state index in [1.165, 1.54) is 16.9 Å². The van der Waals surface area contributed by atoms with E-state index >= 15 is 0 Å². The molecule has 0 bridgehead atoms. The monoisotopic (exact) mass is 251 g/mol. The van der Waals surface area contributed by atoms with Gasteiger partial charge in [0.25, 0.3) is 5.91 Å². The van der Waals surface area contributed by atoms with Crippen LogP contribution in [0.5, 0.6) is 0 Å². The van der Waals surface area contributed by atoms with E-state index in [0.29, 0.717) is 6.54 Å². The minimum atomic E-state index is 0.0694. The minimum Gasteiger partial charge on any atom is -0.376 e. The molecule has 1 N–H and O–H groups in total. The SMILES string of the molecule is O=C(NC[C@@H]1CCCO1)c1cc2c(s1)CCC2. The number of amides is 1. The quantitative estimate of drug-likeness (QED) is 0.894. The van der Waals surface area contributed by atoms with Crippen molar-refractivity contribution in [2.45, 2.75) is 38.2 Å². The highest BCUT2D eigenvalue weighted by molar-refractivity contribution is 7.14. The third-order valence-electron chi connectivity index (χ3n) is 3.48. The van der Waals surface area contributed by atoms with Crippen LogP contribution in [0.4, 0.5) is 0 Å². The number of carbonyl (C=O) groups is 1. The van der Waals surface area contributed by atoms with Crippen LogP contribution >= 0.6 is 11.3 Å². The summed E-state index contributed by atoms with van der Waals surface area (Å²) >= 11 is 1.66. The Morgan fingerprint density at radius 1 is 1.47 bits per heavy atom. The van der Waals surface area contributed by atoms with Gasteiger partial charge in [0.2, 0.25) is 0 Å². The van der Waals surface area contributed by atoms with Gasteiger partial charge in [0.05, 0.1) is 11.0 Å². The average Bonchev–Trinajstić information content (AvgIpc) is 3.01. The molecular formula is C13H17NO2S. The van der Waals surface area contributed by atoms with Gasteiger partial charge >= 0.3 is 0 Å². The van der Waals surface area contributed by atoms with E-state index in [2.05, 4.69) is 11.4 Å². The van der Waals surface area contributed by atoms with Gasteiger partial charge in [-0.2, -0.15) is 0 Å². The largest absolute Gasteiger partial charge is 0.376 e. The first-order valence-electron chi connectivity index (χ1n) is 6.34. The molecule has 1 aromatic rings. The van der Waals surface area contributed by atoms with Gasteiger partial charge in [0.15, 0.2) is 0 Å². The highest BCUT2D eigenvalue weighted by Crippen LogP contribution is 2.30. The predicted molar refractivity (Wildman–Crippen MR) is 67.7 cm³/mol. The molecule has 4 heteroatoms. The fourth-order valence-electron chi connectivity index (χ4n) is 2.54. The molecule has 1 amide bonds. The molecule has 1 atom stereocenters. The van der Waals surface area contributed by atoms with Gasteiger partial charge in [0.1, 0.15) is 0 Å². The molecule has 1 saturated heterocycles. The van der Waals surface area contributed by atoms with Crippen molar-refractivity contribution in [3.63, 3.8) is 0 Å². The summed E-state index contributed by atoms with van der Waals surface area (Å²) in [4.78, 5) is 14.2. The molecule has 3 rings (SSSR count). The molecule has 1 aliphatic carbocycles. The number of carbonyl (C=O) groups excluding carboxylic acids is 1. The van der Waals surface area contributed by atoms with Crippen LogP contribution in [0.2, 0.25) is 0 Å². The highest BCUT2D eigenvalue weighted by atomic mass is 32.1. The summed E-state index contributed by atoms with van der Waals surface area (Å²) in [7, 11) is 0. The van der Waals surface area contributed by atoms with Crippen molar-refractivity contribution in [3.8, 4) is 0 Å². The number of nitrogens with one attached hydrogen (secondary N) is 1. The summed E-state index contributed by atoms with van der Waals surface area (Å²) < 4.78 is 5.49.